The van der Waals surface area contributed by atoms with Crippen molar-refractivity contribution in [2.24, 2.45) is 0 Å². The Morgan fingerprint density at radius 1 is 1.57 bits per heavy atom. The van der Waals surface area contributed by atoms with Gasteiger partial charge in [0.05, 0.1) is 12.0 Å². The molecule has 1 N–H and O–H groups in total. The molecule has 76 valence electrons. The Kier molecular flexibility index (Phi) is 2.27. The van der Waals surface area contributed by atoms with Gasteiger partial charge in [-0.2, -0.15) is 0 Å². The van der Waals surface area contributed by atoms with E-state index >= 15 is 0 Å². The first-order valence-corrected chi connectivity index (χ1v) is 4.97. The van der Waals surface area contributed by atoms with Crippen molar-refractivity contribution in [1.82, 2.24) is 9.55 Å². The van der Waals surface area contributed by atoms with Crippen LogP contribution in [0, 0.1) is 6.92 Å². The number of carboxylic acids is 1. The molecule has 0 atom stereocenters. The average Bonchev–Trinajstić information content (AvgIpc) is 2.70. The molecule has 0 aromatic carbocycles. The van der Waals surface area contributed by atoms with E-state index in [1.807, 2.05) is 4.57 Å². The van der Waals surface area contributed by atoms with Crippen molar-refractivity contribution in [1.29, 1.82) is 0 Å². The molecule has 0 spiro atoms. The van der Waals surface area contributed by atoms with Gasteiger partial charge < -0.3 is 9.67 Å². The van der Waals surface area contributed by atoms with E-state index in [-0.39, 0.29) is 0 Å². The maximum atomic E-state index is 11.0. The molecule has 0 amide bonds. The van der Waals surface area contributed by atoms with Crippen molar-refractivity contribution in [3.05, 3.63) is 17.7 Å². The normalized spacial score (nSPS) is 17.5. The zero-order valence-corrected chi connectivity index (χ0v) is 8.23. The summed E-state index contributed by atoms with van der Waals surface area (Å²) in [5, 5.41) is 9.03. The van der Waals surface area contributed by atoms with E-state index in [1.54, 1.807) is 13.3 Å². The fourth-order valence-corrected chi connectivity index (χ4v) is 2.18. The van der Waals surface area contributed by atoms with E-state index < -0.39 is 5.97 Å². The highest BCUT2D eigenvalue weighted by atomic mass is 16.4. The van der Waals surface area contributed by atoms with Crippen LogP contribution >= 0.6 is 0 Å². The van der Waals surface area contributed by atoms with Gasteiger partial charge >= 0.3 is 5.97 Å². The van der Waals surface area contributed by atoms with Crippen LogP contribution in [0.3, 0.4) is 0 Å². The van der Waals surface area contributed by atoms with Crippen molar-refractivity contribution in [2.75, 3.05) is 0 Å². The molecule has 0 bridgehead atoms. The highest BCUT2D eigenvalue weighted by molar-refractivity contribution is 5.87. The number of carboxylic acid groups (broad SMARTS) is 1. The van der Waals surface area contributed by atoms with Crippen molar-refractivity contribution >= 4 is 5.97 Å². The molecule has 4 nitrogen and oxygen atoms in total. The standard InChI is InChI=1S/C10H14N2O2/c1-7-9(10(13)14)12(6-11-7)8-4-2-3-5-8/h6,8H,2-5H2,1H3,(H,13,14). The second-order valence-corrected chi connectivity index (χ2v) is 3.83. The van der Waals surface area contributed by atoms with Crippen molar-refractivity contribution in [3.63, 3.8) is 0 Å². The monoisotopic (exact) mass is 194 g/mol. The zero-order chi connectivity index (χ0) is 10.1. The third-order valence-corrected chi connectivity index (χ3v) is 2.90. The summed E-state index contributed by atoms with van der Waals surface area (Å²) in [5.41, 5.74) is 0.973. The summed E-state index contributed by atoms with van der Waals surface area (Å²) < 4.78 is 1.82. The summed E-state index contributed by atoms with van der Waals surface area (Å²) in [5.74, 6) is -0.869. The van der Waals surface area contributed by atoms with Gasteiger partial charge in [0, 0.05) is 6.04 Å². The quantitative estimate of drug-likeness (QED) is 0.783. The number of aromatic carboxylic acids is 1. The van der Waals surface area contributed by atoms with E-state index in [9.17, 15) is 4.79 Å². The molecular weight excluding hydrogens is 180 g/mol. The minimum Gasteiger partial charge on any atom is -0.477 e. The Hall–Kier alpha value is -1.32. The summed E-state index contributed by atoms with van der Waals surface area (Å²) in [6.07, 6.45) is 6.21. The van der Waals surface area contributed by atoms with Crippen molar-refractivity contribution in [2.45, 2.75) is 38.6 Å². The number of imidazole rings is 1. The van der Waals surface area contributed by atoms with Crippen molar-refractivity contribution in [3.8, 4) is 0 Å². The molecule has 4 heteroatoms. The van der Waals surface area contributed by atoms with E-state index in [0.29, 0.717) is 17.4 Å². The van der Waals surface area contributed by atoms with Gasteiger partial charge in [0.25, 0.3) is 0 Å². The van der Waals surface area contributed by atoms with E-state index in [1.165, 1.54) is 12.8 Å². The van der Waals surface area contributed by atoms with Gasteiger partial charge in [-0.3, -0.25) is 0 Å². The van der Waals surface area contributed by atoms with Crippen LogP contribution in [0.4, 0.5) is 0 Å². The maximum absolute atomic E-state index is 11.0. The van der Waals surface area contributed by atoms with Gasteiger partial charge in [0.2, 0.25) is 0 Å². The van der Waals surface area contributed by atoms with Gasteiger partial charge in [0.1, 0.15) is 5.69 Å². The predicted molar refractivity (Wildman–Crippen MR) is 51.4 cm³/mol. The molecule has 0 unspecified atom stereocenters. The molecule has 1 aliphatic carbocycles. The van der Waals surface area contributed by atoms with Crippen LogP contribution in [-0.4, -0.2) is 20.6 Å². The Morgan fingerprint density at radius 2 is 2.21 bits per heavy atom. The number of carbonyl (C=O) groups is 1. The first-order valence-electron chi connectivity index (χ1n) is 4.97. The molecule has 14 heavy (non-hydrogen) atoms. The minimum absolute atomic E-state index is 0.349. The van der Waals surface area contributed by atoms with Gasteiger partial charge in [0.15, 0.2) is 0 Å². The van der Waals surface area contributed by atoms with Gasteiger partial charge in [-0.15, -0.1) is 0 Å². The molecule has 1 saturated carbocycles. The Balaban J connectivity index is 2.37. The summed E-state index contributed by atoms with van der Waals surface area (Å²) in [4.78, 5) is 15.1. The van der Waals surface area contributed by atoms with E-state index in [2.05, 4.69) is 4.98 Å². The van der Waals surface area contributed by atoms with Crippen LogP contribution in [0.25, 0.3) is 0 Å². The SMILES string of the molecule is Cc1ncn(C2CCCC2)c1C(=O)O. The molecule has 2 rings (SSSR count). The summed E-state index contributed by atoms with van der Waals surface area (Å²) in [6, 6.07) is 0.349. The lowest BCUT2D eigenvalue weighted by molar-refractivity contribution is 0.0681. The fraction of sp³-hybridized carbons (Fsp3) is 0.600. The molecule has 1 aliphatic rings. The predicted octanol–water partition coefficient (Wildman–Crippen LogP) is 2.00. The van der Waals surface area contributed by atoms with Crippen LogP contribution in [0.2, 0.25) is 0 Å². The third kappa shape index (κ3) is 1.41. The van der Waals surface area contributed by atoms with Crippen molar-refractivity contribution < 1.29 is 9.90 Å². The number of aromatic nitrogens is 2. The molecule has 0 saturated heterocycles. The summed E-state index contributed by atoms with van der Waals surface area (Å²) in [6.45, 7) is 1.74. The fourth-order valence-electron chi connectivity index (χ4n) is 2.18. The van der Waals surface area contributed by atoms with E-state index in [4.69, 9.17) is 5.11 Å². The summed E-state index contributed by atoms with van der Waals surface area (Å²) >= 11 is 0. The van der Waals surface area contributed by atoms with Crippen LogP contribution in [0.5, 0.6) is 0 Å². The maximum Gasteiger partial charge on any atom is 0.354 e. The number of aryl methyl sites for hydroxylation is 1. The first-order chi connectivity index (χ1) is 6.70. The number of rotatable bonds is 2. The minimum atomic E-state index is -0.869. The topological polar surface area (TPSA) is 55.1 Å². The van der Waals surface area contributed by atoms with Crippen LogP contribution in [0.15, 0.2) is 6.33 Å². The number of nitrogens with zero attached hydrogens (tertiary/aromatic N) is 2. The highest BCUT2D eigenvalue weighted by Crippen LogP contribution is 2.30. The Bertz CT molecular complexity index is 351. The second kappa shape index (κ2) is 3.44. The summed E-state index contributed by atoms with van der Waals surface area (Å²) in [7, 11) is 0. The molecule has 1 aromatic heterocycles. The Labute approximate surface area is 82.6 Å². The second-order valence-electron chi connectivity index (χ2n) is 3.83. The molecular formula is C10H14N2O2. The molecule has 0 radical (unpaired) electrons. The lowest BCUT2D eigenvalue weighted by Crippen LogP contribution is -2.12. The average molecular weight is 194 g/mol. The van der Waals surface area contributed by atoms with E-state index in [0.717, 1.165) is 12.8 Å². The molecule has 1 fully saturated rings. The number of hydrogen-bond donors (Lipinski definition) is 1. The van der Waals surface area contributed by atoms with Crippen LogP contribution < -0.4 is 0 Å². The lowest BCUT2D eigenvalue weighted by atomic mass is 10.2. The van der Waals surface area contributed by atoms with Crippen LogP contribution in [-0.2, 0) is 0 Å². The van der Waals surface area contributed by atoms with Crippen LogP contribution in [0.1, 0.15) is 47.9 Å². The van der Waals surface area contributed by atoms with Gasteiger partial charge in [-0.1, -0.05) is 12.8 Å². The molecule has 1 heterocycles. The van der Waals surface area contributed by atoms with Gasteiger partial charge in [-0.25, -0.2) is 9.78 Å². The largest absolute Gasteiger partial charge is 0.477 e. The molecule has 1 aromatic rings. The zero-order valence-electron chi connectivity index (χ0n) is 8.23. The smallest absolute Gasteiger partial charge is 0.354 e. The Morgan fingerprint density at radius 3 is 2.79 bits per heavy atom. The lowest BCUT2D eigenvalue weighted by Gasteiger charge is -2.12. The molecule has 0 aliphatic heterocycles. The third-order valence-electron chi connectivity index (χ3n) is 2.90. The van der Waals surface area contributed by atoms with Gasteiger partial charge in [-0.05, 0) is 19.8 Å². The number of hydrogen-bond acceptors (Lipinski definition) is 2. The highest BCUT2D eigenvalue weighted by Gasteiger charge is 2.23. The first kappa shape index (κ1) is 9.24.